The van der Waals surface area contributed by atoms with Gasteiger partial charge in [0.2, 0.25) is 0 Å². The SMILES string of the molecule is CCNCc1ccc(Cl)cc1N1CCCC1CC. The minimum Gasteiger partial charge on any atom is -0.368 e. The Bertz CT molecular complexity index is 392. The van der Waals surface area contributed by atoms with Gasteiger partial charge in [-0.2, -0.15) is 0 Å². The molecule has 18 heavy (non-hydrogen) atoms. The van der Waals surface area contributed by atoms with Crippen molar-refractivity contribution >= 4 is 17.3 Å². The summed E-state index contributed by atoms with van der Waals surface area (Å²) in [6.45, 7) is 7.50. The summed E-state index contributed by atoms with van der Waals surface area (Å²) in [6.07, 6.45) is 3.82. The molecule has 0 amide bonds. The molecule has 0 aliphatic carbocycles. The average Bonchev–Trinajstić information content (AvgIpc) is 2.85. The van der Waals surface area contributed by atoms with Gasteiger partial charge in [0.25, 0.3) is 0 Å². The first-order valence-corrected chi connectivity index (χ1v) is 7.39. The van der Waals surface area contributed by atoms with E-state index in [1.165, 1.54) is 30.5 Å². The van der Waals surface area contributed by atoms with Crippen molar-refractivity contribution in [1.29, 1.82) is 0 Å². The van der Waals surface area contributed by atoms with E-state index in [9.17, 15) is 0 Å². The first-order valence-electron chi connectivity index (χ1n) is 7.02. The fourth-order valence-corrected chi connectivity index (χ4v) is 2.96. The predicted molar refractivity (Wildman–Crippen MR) is 79.5 cm³/mol. The Balaban J connectivity index is 2.26. The van der Waals surface area contributed by atoms with E-state index in [0.29, 0.717) is 6.04 Å². The molecule has 1 saturated heterocycles. The third kappa shape index (κ3) is 2.99. The highest BCUT2D eigenvalue weighted by atomic mass is 35.5. The van der Waals surface area contributed by atoms with Crippen LogP contribution in [-0.2, 0) is 6.54 Å². The Labute approximate surface area is 115 Å². The van der Waals surface area contributed by atoms with Gasteiger partial charge in [0.05, 0.1) is 0 Å². The standard InChI is InChI=1S/C15H23ClN2/c1-3-14-6-5-9-18(14)15-10-13(16)8-7-12(15)11-17-4-2/h7-8,10,14,17H,3-6,9,11H2,1-2H3. The lowest BCUT2D eigenvalue weighted by molar-refractivity contribution is 0.640. The summed E-state index contributed by atoms with van der Waals surface area (Å²) in [7, 11) is 0. The maximum atomic E-state index is 6.17. The molecule has 1 heterocycles. The quantitative estimate of drug-likeness (QED) is 0.871. The molecule has 0 radical (unpaired) electrons. The number of nitrogens with one attached hydrogen (secondary N) is 1. The van der Waals surface area contributed by atoms with Crippen LogP contribution in [0, 0.1) is 0 Å². The van der Waals surface area contributed by atoms with Crippen LogP contribution < -0.4 is 10.2 Å². The van der Waals surface area contributed by atoms with E-state index < -0.39 is 0 Å². The van der Waals surface area contributed by atoms with Crippen LogP contribution in [0.1, 0.15) is 38.7 Å². The van der Waals surface area contributed by atoms with Gasteiger partial charge in [-0.15, -0.1) is 0 Å². The topological polar surface area (TPSA) is 15.3 Å². The Kier molecular flexibility index (Phi) is 4.90. The molecule has 100 valence electrons. The number of benzene rings is 1. The summed E-state index contributed by atoms with van der Waals surface area (Å²) in [5.74, 6) is 0. The van der Waals surface area contributed by atoms with Crippen molar-refractivity contribution in [2.24, 2.45) is 0 Å². The van der Waals surface area contributed by atoms with Crippen molar-refractivity contribution in [3.05, 3.63) is 28.8 Å². The molecule has 1 unspecified atom stereocenters. The summed E-state index contributed by atoms with van der Waals surface area (Å²) >= 11 is 6.17. The van der Waals surface area contributed by atoms with Gasteiger partial charge in [-0.3, -0.25) is 0 Å². The number of hydrogen-bond acceptors (Lipinski definition) is 2. The largest absolute Gasteiger partial charge is 0.368 e. The minimum absolute atomic E-state index is 0.684. The first kappa shape index (κ1) is 13.7. The van der Waals surface area contributed by atoms with Crippen molar-refractivity contribution in [2.75, 3.05) is 18.0 Å². The maximum Gasteiger partial charge on any atom is 0.0429 e. The van der Waals surface area contributed by atoms with E-state index in [0.717, 1.165) is 24.7 Å². The van der Waals surface area contributed by atoms with E-state index in [1.54, 1.807) is 0 Å². The van der Waals surface area contributed by atoms with Crippen molar-refractivity contribution in [2.45, 2.75) is 45.7 Å². The normalized spacial score (nSPS) is 19.5. The molecule has 0 spiro atoms. The second-order valence-electron chi connectivity index (χ2n) is 4.95. The molecule has 2 nitrogen and oxygen atoms in total. The van der Waals surface area contributed by atoms with Gasteiger partial charge >= 0.3 is 0 Å². The van der Waals surface area contributed by atoms with Crippen LogP contribution in [0.25, 0.3) is 0 Å². The van der Waals surface area contributed by atoms with Gasteiger partial charge in [-0.1, -0.05) is 31.5 Å². The number of hydrogen-bond donors (Lipinski definition) is 1. The Hall–Kier alpha value is -0.730. The fraction of sp³-hybridized carbons (Fsp3) is 0.600. The van der Waals surface area contributed by atoms with Crippen molar-refractivity contribution in [3.63, 3.8) is 0 Å². The van der Waals surface area contributed by atoms with Gasteiger partial charge in [0, 0.05) is 29.8 Å². The Morgan fingerprint density at radius 3 is 2.94 bits per heavy atom. The summed E-state index contributed by atoms with van der Waals surface area (Å²) < 4.78 is 0. The number of rotatable bonds is 5. The first-order chi connectivity index (χ1) is 8.76. The molecule has 3 heteroatoms. The van der Waals surface area contributed by atoms with Crippen LogP contribution in [0.4, 0.5) is 5.69 Å². The van der Waals surface area contributed by atoms with Gasteiger partial charge in [-0.25, -0.2) is 0 Å². The zero-order valence-electron chi connectivity index (χ0n) is 11.4. The highest BCUT2D eigenvalue weighted by Crippen LogP contribution is 2.32. The highest BCUT2D eigenvalue weighted by Gasteiger charge is 2.24. The molecule has 2 rings (SSSR count). The lowest BCUT2D eigenvalue weighted by Crippen LogP contribution is -2.30. The Morgan fingerprint density at radius 2 is 2.22 bits per heavy atom. The van der Waals surface area contributed by atoms with Gasteiger partial charge < -0.3 is 10.2 Å². The van der Waals surface area contributed by atoms with E-state index in [2.05, 4.69) is 36.2 Å². The number of nitrogens with zero attached hydrogens (tertiary/aromatic N) is 1. The van der Waals surface area contributed by atoms with Crippen LogP contribution in [0.5, 0.6) is 0 Å². The summed E-state index contributed by atoms with van der Waals surface area (Å²) in [6, 6.07) is 6.96. The van der Waals surface area contributed by atoms with Crippen molar-refractivity contribution < 1.29 is 0 Å². The van der Waals surface area contributed by atoms with E-state index >= 15 is 0 Å². The fourth-order valence-electron chi connectivity index (χ4n) is 2.79. The van der Waals surface area contributed by atoms with Crippen LogP contribution in [0.15, 0.2) is 18.2 Å². The van der Waals surface area contributed by atoms with Crippen LogP contribution in [-0.4, -0.2) is 19.1 Å². The zero-order valence-corrected chi connectivity index (χ0v) is 12.1. The van der Waals surface area contributed by atoms with Gasteiger partial charge in [-0.05, 0) is 43.5 Å². The molecular weight excluding hydrogens is 244 g/mol. The van der Waals surface area contributed by atoms with Crippen molar-refractivity contribution in [3.8, 4) is 0 Å². The molecule has 1 aromatic carbocycles. The molecular formula is C15H23ClN2. The summed E-state index contributed by atoms with van der Waals surface area (Å²) in [4.78, 5) is 2.54. The van der Waals surface area contributed by atoms with Crippen molar-refractivity contribution in [1.82, 2.24) is 5.32 Å². The minimum atomic E-state index is 0.684. The van der Waals surface area contributed by atoms with Crippen LogP contribution in [0.2, 0.25) is 5.02 Å². The second-order valence-corrected chi connectivity index (χ2v) is 5.39. The lowest BCUT2D eigenvalue weighted by Gasteiger charge is -2.28. The molecule has 1 aliphatic heterocycles. The van der Waals surface area contributed by atoms with Crippen LogP contribution in [0.3, 0.4) is 0 Å². The maximum absolute atomic E-state index is 6.17. The molecule has 0 saturated carbocycles. The predicted octanol–water partition coefficient (Wildman–Crippen LogP) is 3.83. The summed E-state index contributed by atoms with van der Waals surface area (Å²) in [5.41, 5.74) is 2.69. The molecule has 0 bridgehead atoms. The third-order valence-corrected chi connectivity index (χ3v) is 4.01. The molecule has 0 aromatic heterocycles. The Morgan fingerprint density at radius 1 is 1.39 bits per heavy atom. The summed E-state index contributed by atoms with van der Waals surface area (Å²) in [5, 5.41) is 4.25. The number of anilines is 1. The average molecular weight is 267 g/mol. The molecule has 1 atom stereocenters. The second kappa shape index (κ2) is 6.44. The monoisotopic (exact) mass is 266 g/mol. The lowest BCUT2D eigenvalue weighted by atomic mass is 10.1. The molecule has 1 N–H and O–H groups in total. The van der Waals surface area contributed by atoms with Gasteiger partial charge in [0.15, 0.2) is 0 Å². The van der Waals surface area contributed by atoms with Crippen LogP contribution >= 0.6 is 11.6 Å². The van der Waals surface area contributed by atoms with E-state index in [-0.39, 0.29) is 0 Å². The smallest absolute Gasteiger partial charge is 0.0429 e. The van der Waals surface area contributed by atoms with Gasteiger partial charge in [0.1, 0.15) is 0 Å². The van der Waals surface area contributed by atoms with E-state index in [1.807, 2.05) is 6.07 Å². The third-order valence-electron chi connectivity index (χ3n) is 3.77. The molecule has 1 fully saturated rings. The number of halogens is 1. The molecule has 1 aliphatic rings. The van der Waals surface area contributed by atoms with E-state index in [4.69, 9.17) is 11.6 Å². The highest BCUT2D eigenvalue weighted by molar-refractivity contribution is 6.30. The zero-order chi connectivity index (χ0) is 13.0. The molecule has 1 aromatic rings.